The molecule has 6 heteroatoms. The SMILES string of the molecule is O=C1C2C3C=CC(C3)C2C(=O)N1/N=C/c1cn(Cc2ccccc2Cl)c2ccccc12. The van der Waals surface area contributed by atoms with Crippen molar-refractivity contribution in [2.24, 2.45) is 28.8 Å². The molecule has 0 radical (unpaired) electrons. The molecule has 1 saturated carbocycles. The van der Waals surface area contributed by atoms with E-state index in [0.29, 0.717) is 6.54 Å². The molecular formula is C25H20ClN3O2. The molecule has 0 spiro atoms. The van der Waals surface area contributed by atoms with Crippen LogP contribution < -0.4 is 0 Å². The van der Waals surface area contributed by atoms with Crippen molar-refractivity contribution in [3.05, 3.63) is 83.0 Å². The van der Waals surface area contributed by atoms with Crippen molar-refractivity contribution in [3.8, 4) is 0 Å². The third-order valence-electron chi connectivity index (χ3n) is 6.88. The lowest BCUT2D eigenvalue weighted by Crippen LogP contribution is -2.28. The van der Waals surface area contributed by atoms with Crippen molar-refractivity contribution in [2.75, 3.05) is 0 Å². The van der Waals surface area contributed by atoms with Crippen molar-refractivity contribution < 1.29 is 9.59 Å². The summed E-state index contributed by atoms with van der Waals surface area (Å²) in [5, 5.41) is 7.20. The van der Waals surface area contributed by atoms with Gasteiger partial charge in [-0.1, -0.05) is 60.2 Å². The van der Waals surface area contributed by atoms with Gasteiger partial charge in [-0.2, -0.15) is 10.1 Å². The molecule has 1 aliphatic heterocycles. The molecule has 31 heavy (non-hydrogen) atoms. The van der Waals surface area contributed by atoms with Gasteiger partial charge in [-0.3, -0.25) is 9.59 Å². The summed E-state index contributed by atoms with van der Waals surface area (Å²) in [4.78, 5) is 25.8. The van der Waals surface area contributed by atoms with E-state index in [4.69, 9.17) is 11.6 Å². The van der Waals surface area contributed by atoms with Crippen molar-refractivity contribution in [1.82, 2.24) is 9.58 Å². The van der Waals surface area contributed by atoms with E-state index < -0.39 is 0 Å². The predicted octanol–water partition coefficient (Wildman–Crippen LogP) is 4.48. The Morgan fingerprint density at radius 2 is 1.65 bits per heavy atom. The molecule has 154 valence electrons. The first kappa shape index (κ1) is 18.6. The van der Waals surface area contributed by atoms with Crippen LogP contribution >= 0.6 is 11.6 Å². The second-order valence-electron chi connectivity index (χ2n) is 8.55. The van der Waals surface area contributed by atoms with Crippen molar-refractivity contribution in [1.29, 1.82) is 0 Å². The van der Waals surface area contributed by atoms with Crippen LogP contribution in [0.25, 0.3) is 10.9 Å². The van der Waals surface area contributed by atoms with E-state index in [0.717, 1.165) is 38.5 Å². The number of carbonyl (C=O) groups excluding carboxylic acids is 2. The van der Waals surface area contributed by atoms with Crippen molar-refractivity contribution in [3.63, 3.8) is 0 Å². The lowest BCUT2D eigenvalue weighted by molar-refractivity contribution is -0.140. The quantitative estimate of drug-likeness (QED) is 0.348. The number of nitrogens with zero attached hydrogens (tertiary/aromatic N) is 3. The highest BCUT2D eigenvalue weighted by Gasteiger charge is 2.59. The van der Waals surface area contributed by atoms with E-state index in [-0.39, 0.29) is 35.5 Å². The first-order valence-electron chi connectivity index (χ1n) is 10.5. The molecule has 2 aliphatic carbocycles. The number of hydrogen-bond donors (Lipinski definition) is 0. The molecule has 3 aromatic rings. The van der Waals surface area contributed by atoms with Crippen LogP contribution in [0.4, 0.5) is 0 Å². The summed E-state index contributed by atoms with van der Waals surface area (Å²) in [6.45, 7) is 0.620. The summed E-state index contributed by atoms with van der Waals surface area (Å²) >= 11 is 6.36. The van der Waals surface area contributed by atoms with Gasteiger partial charge in [0, 0.05) is 34.2 Å². The summed E-state index contributed by atoms with van der Waals surface area (Å²) in [7, 11) is 0. The van der Waals surface area contributed by atoms with Crippen molar-refractivity contribution in [2.45, 2.75) is 13.0 Å². The molecule has 1 saturated heterocycles. The fourth-order valence-electron chi connectivity index (χ4n) is 5.44. The number of amides is 2. The molecule has 2 amide bonds. The minimum atomic E-state index is -0.235. The van der Waals surface area contributed by atoms with Gasteiger partial charge in [0.25, 0.3) is 11.8 Å². The minimum absolute atomic E-state index is 0.164. The van der Waals surface area contributed by atoms with Gasteiger partial charge in [0.1, 0.15) is 0 Å². The molecule has 5 nitrogen and oxygen atoms in total. The fourth-order valence-corrected chi connectivity index (χ4v) is 5.63. The number of benzene rings is 2. The highest BCUT2D eigenvalue weighted by atomic mass is 35.5. The normalized spacial score (nSPS) is 26.7. The number of aromatic nitrogens is 1. The number of hydrazone groups is 1. The van der Waals surface area contributed by atoms with E-state index in [1.165, 1.54) is 0 Å². The lowest BCUT2D eigenvalue weighted by Gasteiger charge is -2.13. The van der Waals surface area contributed by atoms with E-state index in [1.807, 2.05) is 54.7 Å². The number of allylic oxidation sites excluding steroid dienone is 2. The first-order valence-corrected chi connectivity index (χ1v) is 10.9. The minimum Gasteiger partial charge on any atom is -0.342 e. The molecule has 4 atom stereocenters. The maximum absolute atomic E-state index is 12.9. The van der Waals surface area contributed by atoms with Gasteiger partial charge in [0.15, 0.2) is 0 Å². The number of hydrogen-bond acceptors (Lipinski definition) is 3. The number of para-hydroxylation sites is 1. The van der Waals surface area contributed by atoms with Crippen LogP contribution in [-0.4, -0.2) is 27.6 Å². The topological polar surface area (TPSA) is 54.7 Å². The Labute approximate surface area is 184 Å². The Balaban J connectivity index is 1.33. The van der Waals surface area contributed by atoms with E-state index in [2.05, 4.69) is 21.8 Å². The van der Waals surface area contributed by atoms with Crippen molar-refractivity contribution >= 4 is 40.5 Å². The maximum atomic E-state index is 12.9. The zero-order valence-corrected chi connectivity index (χ0v) is 17.4. The number of imide groups is 1. The van der Waals surface area contributed by atoms with Gasteiger partial charge in [0.05, 0.1) is 18.1 Å². The molecular weight excluding hydrogens is 410 g/mol. The lowest BCUT2D eigenvalue weighted by atomic mass is 9.85. The molecule has 3 aliphatic rings. The van der Waals surface area contributed by atoms with Crippen LogP contribution in [0.5, 0.6) is 0 Å². The average molecular weight is 430 g/mol. The second-order valence-corrected chi connectivity index (χ2v) is 8.96. The largest absolute Gasteiger partial charge is 0.342 e. The highest BCUT2D eigenvalue weighted by Crippen LogP contribution is 2.52. The Bertz CT molecular complexity index is 1260. The van der Waals surface area contributed by atoms with E-state index >= 15 is 0 Å². The summed E-state index contributed by atoms with van der Waals surface area (Å²) < 4.78 is 2.12. The Kier molecular flexibility index (Phi) is 4.15. The summed E-state index contributed by atoms with van der Waals surface area (Å²) in [5.74, 6) is -0.429. The Morgan fingerprint density at radius 1 is 0.968 bits per heavy atom. The van der Waals surface area contributed by atoms with E-state index in [1.54, 1.807) is 6.21 Å². The number of rotatable bonds is 4. The van der Waals surface area contributed by atoms with Crippen LogP contribution in [0.1, 0.15) is 17.5 Å². The smallest absolute Gasteiger partial charge is 0.254 e. The van der Waals surface area contributed by atoms with Gasteiger partial charge in [-0.25, -0.2) is 0 Å². The molecule has 4 unspecified atom stereocenters. The highest BCUT2D eigenvalue weighted by molar-refractivity contribution is 6.31. The third-order valence-corrected chi connectivity index (χ3v) is 7.25. The molecule has 2 heterocycles. The molecule has 6 rings (SSSR count). The number of fused-ring (bicyclic) bond motifs is 6. The standard InChI is InChI=1S/C25H20ClN3O2/c26-20-7-3-1-5-17(20)13-28-14-18(19-6-2-4-8-21(19)28)12-27-29-24(30)22-15-9-10-16(11-15)23(22)25(29)31/h1-10,12,14-16,22-23H,11,13H2/b27-12+. The summed E-state index contributed by atoms with van der Waals surface area (Å²) in [6, 6.07) is 15.8. The molecule has 2 fully saturated rings. The predicted molar refractivity (Wildman–Crippen MR) is 120 cm³/mol. The summed E-state index contributed by atoms with van der Waals surface area (Å²) in [5.41, 5.74) is 2.93. The van der Waals surface area contributed by atoms with Crippen LogP contribution in [0.15, 0.2) is 72.0 Å². The van der Waals surface area contributed by atoms with Crippen LogP contribution in [0.2, 0.25) is 5.02 Å². The van der Waals surface area contributed by atoms with Gasteiger partial charge in [0.2, 0.25) is 0 Å². The number of halogens is 1. The molecule has 0 N–H and O–H groups in total. The van der Waals surface area contributed by atoms with Gasteiger partial charge < -0.3 is 4.57 Å². The average Bonchev–Trinajstić information content (AvgIpc) is 3.53. The zero-order chi connectivity index (χ0) is 21.1. The van der Waals surface area contributed by atoms with Gasteiger partial charge in [-0.15, -0.1) is 0 Å². The van der Waals surface area contributed by atoms with Crippen LogP contribution in [0, 0.1) is 23.7 Å². The van der Waals surface area contributed by atoms with Gasteiger partial charge in [-0.05, 0) is 36.0 Å². The van der Waals surface area contributed by atoms with Crippen LogP contribution in [0.3, 0.4) is 0 Å². The van der Waals surface area contributed by atoms with E-state index in [9.17, 15) is 9.59 Å². The number of carbonyl (C=O) groups is 2. The summed E-state index contributed by atoms with van der Waals surface area (Å²) in [6.07, 6.45) is 8.73. The maximum Gasteiger partial charge on any atom is 0.254 e. The van der Waals surface area contributed by atoms with Crippen LogP contribution in [-0.2, 0) is 16.1 Å². The molecule has 1 aromatic heterocycles. The third kappa shape index (κ3) is 2.80. The first-order chi connectivity index (χ1) is 15.1. The van der Waals surface area contributed by atoms with Gasteiger partial charge >= 0.3 is 0 Å². The second kappa shape index (κ2) is 6.92. The Morgan fingerprint density at radius 3 is 2.39 bits per heavy atom. The monoisotopic (exact) mass is 429 g/mol. The molecule has 2 bridgehead atoms. The fraction of sp³-hybridized carbons (Fsp3) is 0.240. The zero-order valence-electron chi connectivity index (χ0n) is 16.7. The molecule has 2 aromatic carbocycles. The Hall–Kier alpha value is -3.18.